The lowest BCUT2D eigenvalue weighted by molar-refractivity contribution is -0.598. The molecular weight excluding hydrogens is 360 g/mol. The highest BCUT2D eigenvalue weighted by Crippen LogP contribution is 2.31. The Morgan fingerprint density at radius 3 is 2.79 bits per heavy atom. The van der Waals surface area contributed by atoms with Gasteiger partial charge in [0.05, 0.1) is 25.1 Å². The lowest BCUT2D eigenvalue weighted by atomic mass is 9.76. The van der Waals surface area contributed by atoms with Gasteiger partial charge in [0.2, 0.25) is 24.4 Å². The average molecular weight is 389 g/mol. The van der Waals surface area contributed by atoms with Gasteiger partial charge in [-0.2, -0.15) is 5.26 Å². The van der Waals surface area contributed by atoms with Crippen molar-refractivity contribution in [2.45, 2.75) is 63.8 Å². The first kappa shape index (κ1) is 20.4. The smallest absolute Gasteiger partial charge is 0.247 e. The third-order valence-corrected chi connectivity index (χ3v) is 6.24. The van der Waals surface area contributed by atoms with Crippen molar-refractivity contribution >= 4 is 11.8 Å². The zero-order chi connectivity index (χ0) is 20.4. The second kappa shape index (κ2) is 8.37. The van der Waals surface area contributed by atoms with E-state index in [0.29, 0.717) is 5.57 Å². The summed E-state index contributed by atoms with van der Waals surface area (Å²) in [5, 5.41) is 21.3. The number of nitrogens with zero attached hydrogens (tertiary/aromatic N) is 2. The molecule has 0 bridgehead atoms. The molecule has 6 atom stereocenters. The molecule has 2 fully saturated rings. The Balaban J connectivity index is 1.61. The van der Waals surface area contributed by atoms with Crippen LogP contribution in [0.3, 0.4) is 0 Å². The monoisotopic (exact) mass is 389 g/mol. The number of nitrogens with one attached hydrogen (secondary N) is 4. The van der Waals surface area contributed by atoms with Crippen molar-refractivity contribution in [1.82, 2.24) is 21.3 Å². The number of fused-ring (bicyclic) bond motifs is 1. The fourth-order valence-electron chi connectivity index (χ4n) is 4.66. The van der Waals surface area contributed by atoms with Gasteiger partial charge in [-0.05, 0) is 33.7 Å². The third kappa shape index (κ3) is 4.08. The van der Waals surface area contributed by atoms with Crippen LogP contribution < -0.4 is 21.3 Å². The van der Waals surface area contributed by atoms with Gasteiger partial charge in [0.25, 0.3) is 0 Å². The van der Waals surface area contributed by atoms with E-state index in [0.717, 1.165) is 23.3 Å². The van der Waals surface area contributed by atoms with E-state index in [2.05, 4.69) is 28.2 Å². The molecule has 0 aromatic carbocycles. The van der Waals surface area contributed by atoms with Crippen LogP contribution in [0.5, 0.6) is 0 Å². The molecule has 9 heteroatoms. The number of hydrogen-bond acceptors (Lipinski definition) is 6. The van der Waals surface area contributed by atoms with E-state index in [1.807, 2.05) is 19.9 Å². The number of carbonyl (C=O) groups excluding carboxylic acids is 2. The molecule has 0 radical (unpaired) electrons. The maximum absolute atomic E-state index is 12.5. The number of hydrogen-bond donors (Lipinski definition) is 4. The van der Waals surface area contributed by atoms with Gasteiger partial charge in [-0.1, -0.05) is 5.57 Å². The van der Waals surface area contributed by atoms with Crippen molar-refractivity contribution < 1.29 is 14.3 Å². The Bertz CT molecular complexity index is 742. The highest BCUT2D eigenvalue weighted by Gasteiger charge is 2.41. The summed E-state index contributed by atoms with van der Waals surface area (Å²) >= 11 is 0. The number of piperazine rings is 1. The summed E-state index contributed by atoms with van der Waals surface area (Å²) in [7, 11) is 0. The predicted octanol–water partition coefficient (Wildman–Crippen LogP) is -0.663. The maximum Gasteiger partial charge on any atom is 0.247 e. The molecule has 2 saturated heterocycles. The number of carbonyl (C=O) groups is 2. The van der Waals surface area contributed by atoms with Crippen LogP contribution in [0.2, 0.25) is 0 Å². The van der Waals surface area contributed by atoms with Crippen molar-refractivity contribution in [3.05, 3.63) is 16.1 Å². The maximum atomic E-state index is 12.5. The van der Waals surface area contributed by atoms with E-state index < -0.39 is 12.1 Å². The van der Waals surface area contributed by atoms with Crippen LogP contribution in [0.25, 0.3) is 0 Å². The minimum Gasteiger partial charge on any atom is -0.349 e. The van der Waals surface area contributed by atoms with Gasteiger partial charge in [0, 0.05) is 33.2 Å². The second-order valence-electron chi connectivity index (χ2n) is 8.08. The van der Waals surface area contributed by atoms with Crippen molar-refractivity contribution in [2.75, 3.05) is 19.6 Å². The number of nitriles is 1. The summed E-state index contributed by atoms with van der Waals surface area (Å²) in [6.07, 6.45) is 0.884. The van der Waals surface area contributed by atoms with Crippen molar-refractivity contribution in [3.8, 4) is 6.07 Å². The van der Waals surface area contributed by atoms with E-state index in [1.165, 1.54) is 0 Å². The lowest BCUT2D eigenvalue weighted by Gasteiger charge is -2.42. The average Bonchev–Trinajstić information content (AvgIpc) is 2.64. The van der Waals surface area contributed by atoms with Crippen LogP contribution in [-0.4, -0.2) is 66.4 Å². The highest BCUT2D eigenvalue weighted by atomic mass is 16.3. The van der Waals surface area contributed by atoms with Crippen molar-refractivity contribution in [3.63, 3.8) is 0 Å². The molecule has 0 aromatic heterocycles. The number of rotatable bonds is 4. The van der Waals surface area contributed by atoms with Gasteiger partial charge in [-0.25, -0.2) is 0 Å². The topological polar surface area (TPSA) is 126 Å². The van der Waals surface area contributed by atoms with Crippen LogP contribution in [0.1, 0.15) is 33.6 Å². The SMILES string of the molecule is CC1=C(CC(=O)NCC2C(C)NC(C#N)C[N+]2=O)C(=O)NC2CCNC(C)C12. The largest absolute Gasteiger partial charge is 0.349 e. The van der Waals surface area contributed by atoms with Crippen LogP contribution >= 0.6 is 0 Å². The molecule has 3 aliphatic rings. The Morgan fingerprint density at radius 2 is 2.11 bits per heavy atom. The minimum absolute atomic E-state index is 0.00180. The van der Waals surface area contributed by atoms with Gasteiger partial charge in [-0.3, -0.25) is 14.9 Å². The summed E-state index contributed by atoms with van der Waals surface area (Å²) in [5.74, 6) is -0.253. The first-order valence-electron chi connectivity index (χ1n) is 9.91. The molecule has 152 valence electrons. The molecule has 0 spiro atoms. The van der Waals surface area contributed by atoms with E-state index in [9.17, 15) is 14.5 Å². The van der Waals surface area contributed by atoms with Gasteiger partial charge < -0.3 is 16.0 Å². The van der Waals surface area contributed by atoms with Crippen LogP contribution in [0.4, 0.5) is 0 Å². The molecule has 6 unspecified atom stereocenters. The second-order valence-corrected chi connectivity index (χ2v) is 8.08. The number of nitroso groups, excluding NO2 is 1. The third-order valence-electron chi connectivity index (χ3n) is 6.24. The zero-order valence-corrected chi connectivity index (χ0v) is 16.6. The summed E-state index contributed by atoms with van der Waals surface area (Å²) in [6.45, 7) is 6.98. The molecule has 9 nitrogen and oxygen atoms in total. The molecule has 28 heavy (non-hydrogen) atoms. The normalized spacial score (nSPS) is 35.6. The Kier molecular flexibility index (Phi) is 6.10. The summed E-state index contributed by atoms with van der Waals surface area (Å²) in [6, 6.07) is 1.24. The summed E-state index contributed by atoms with van der Waals surface area (Å²) < 4.78 is 0.854. The predicted molar refractivity (Wildman–Crippen MR) is 102 cm³/mol. The van der Waals surface area contributed by atoms with Crippen molar-refractivity contribution in [2.24, 2.45) is 5.92 Å². The Labute approximate surface area is 164 Å². The van der Waals surface area contributed by atoms with Gasteiger partial charge in [0.15, 0.2) is 6.04 Å². The molecule has 3 aliphatic heterocycles. The molecule has 0 saturated carbocycles. The highest BCUT2D eigenvalue weighted by molar-refractivity contribution is 6.00. The lowest BCUT2D eigenvalue weighted by Crippen LogP contribution is -2.60. The number of amides is 2. The Hall–Kier alpha value is -2.31. The van der Waals surface area contributed by atoms with Crippen LogP contribution in [-0.2, 0) is 9.59 Å². The summed E-state index contributed by atoms with van der Waals surface area (Å²) in [5.41, 5.74) is 1.49. The molecular formula is C19H29N6O3+. The van der Waals surface area contributed by atoms with Crippen LogP contribution in [0.15, 0.2) is 11.1 Å². The molecule has 3 rings (SSSR count). The molecule has 4 N–H and O–H groups in total. The number of piperidine rings is 1. The first-order chi connectivity index (χ1) is 13.3. The fraction of sp³-hybridized carbons (Fsp3) is 0.737. The quantitative estimate of drug-likeness (QED) is 0.473. The molecule has 0 aliphatic carbocycles. The van der Waals surface area contributed by atoms with E-state index in [1.54, 1.807) is 0 Å². The van der Waals surface area contributed by atoms with Crippen LogP contribution in [0, 0.1) is 22.2 Å². The van der Waals surface area contributed by atoms with E-state index in [4.69, 9.17) is 5.26 Å². The first-order valence-corrected chi connectivity index (χ1v) is 9.91. The standard InChI is InChI=1S/C19H28N6O3/c1-10-14(19(27)24-15-4-5-21-12(3)18(10)15)6-17(26)22-8-16-11(2)23-13(7-20)9-25(16)28/h11-13,15-16,18,21,23H,4-6,8-9H2,1-3H3,(H-,22,24,26,27)/p+1. The molecule has 3 heterocycles. The Morgan fingerprint density at radius 1 is 1.36 bits per heavy atom. The van der Waals surface area contributed by atoms with Gasteiger partial charge >= 0.3 is 0 Å². The van der Waals surface area contributed by atoms with E-state index in [-0.39, 0.29) is 55.4 Å². The van der Waals surface area contributed by atoms with Gasteiger partial charge in [0.1, 0.15) is 0 Å². The zero-order valence-electron chi connectivity index (χ0n) is 16.6. The molecule has 0 aromatic rings. The summed E-state index contributed by atoms with van der Waals surface area (Å²) in [4.78, 5) is 37.2. The van der Waals surface area contributed by atoms with Gasteiger partial charge in [-0.15, -0.1) is 0 Å². The molecule has 2 amide bonds. The van der Waals surface area contributed by atoms with Crippen molar-refractivity contribution in [1.29, 1.82) is 5.26 Å². The van der Waals surface area contributed by atoms with E-state index >= 15 is 0 Å². The minimum atomic E-state index is -0.503. The fourth-order valence-corrected chi connectivity index (χ4v) is 4.66.